The van der Waals surface area contributed by atoms with Gasteiger partial charge in [0.1, 0.15) is 11.3 Å². The van der Waals surface area contributed by atoms with Crippen LogP contribution in [0.3, 0.4) is 0 Å². The van der Waals surface area contributed by atoms with Gasteiger partial charge in [-0.1, -0.05) is 64.7 Å². The van der Waals surface area contributed by atoms with Crippen LogP contribution in [0.1, 0.15) is 75.1 Å². The van der Waals surface area contributed by atoms with Crippen LogP contribution in [0.4, 0.5) is 13.2 Å². The van der Waals surface area contributed by atoms with E-state index in [0.717, 1.165) is 24.5 Å². The first-order chi connectivity index (χ1) is 15.6. The van der Waals surface area contributed by atoms with E-state index in [4.69, 9.17) is 9.15 Å². The Morgan fingerprint density at radius 3 is 2.36 bits per heavy atom. The summed E-state index contributed by atoms with van der Waals surface area (Å²) in [7, 11) is 1.54. The molecule has 0 unspecified atom stereocenters. The smallest absolute Gasteiger partial charge is 0.416 e. The highest BCUT2D eigenvalue weighted by molar-refractivity contribution is 5.85. The molecule has 0 N–H and O–H groups in total. The number of benzene rings is 2. The Bertz CT molecular complexity index is 1160. The topological polar surface area (TPSA) is 39.4 Å². The van der Waals surface area contributed by atoms with Crippen molar-refractivity contribution in [1.29, 1.82) is 0 Å². The van der Waals surface area contributed by atoms with Crippen molar-refractivity contribution < 1.29 is 22.3 Å². The van der Waals surface area contributed by atoms with Crippen molar-refractivity contribution in [1.82, 2.24) is 0 Å². The molecule has 0 spiro atoms. The van der Waals surface area contributed by atoms with Crippen LogP contribution < -0.4 is 10.4 Å². The second kappa shape index (κ2) is 10.0. The molecule has 6 heteroatoms. The molecule has 33 heavy (non-hydrogen) atoms. The van der Waals surface area contributed by atoms with Gasteiger partial charge in [-0.3, -0.25) is 0 Å². The van der Waals surface area contributed by atoms with Crippen LogP contribution in [0.25, 0.3) is 11.0 Å². The molecule has 0 amide bonds. The maximum atomic E-state index is 13.4. The molecular weight excluding hydrogens is 429 g/mol. The number of ether oxygens (including phenoxy) is 1. The van der Waals surface area contributed by atoms with Crippen LogP contribution in [0.5, 0.6) is 5.75 Å². The highest BCUT2D eigenvalue weighted by Gasteiger charge is 2.33. The van der Waals surface area contributed by atoms with E-state index in [1.54, 1.807) is 6.07 Å². The van der Waals surface area contributed by atoms with Crippen LogP contribution in [0, 0.1) is 0 Å². The number of fused-ring (bicyclic) bond motifs is 1. The first-order valence-corrected chi connectivity index (χ1v) is 11.4. The first-order valence-electron chi connectivity index (χ1n) is 11.4. The second-order valence-electron chi connectivity index (χ2n) is 9.18. The fourth-order valence-electron chi connectivity index (χ4n) is 4.20. The normalized spacial score (nSPS) is 12.3. The van der Waals surface area contributed by atoms with E-state index in [-0.39, 0.29) is 23.0 Å². The Hall–Kier alpha value is -2.76. The number of unbranched alkanes of at least 4 members (excludes halogenated alkanes) is 3. The molecule has 1 aromatic heterocycles. The lowest BCUT2D eigenvalue weighted by Gasteiger charge is -2.26. The van der Waals surface area contributed by atoms with Crippen molar-refractivity contribution in [3.63, 3.8) is 0 Å². The number of methoxy groups -OCH3 is 1. The second-order valence-corrected chi connectivity index (χ2v) is 9.18. The molecule has 0 aliphatic heterocycles. The molecular formula is C27H31F3O3. The van der Waals surface area contributed by atoms with Crippen LogP contribution in [-0.4, -0.2) is 7.11 Å². The van der Waals surface area contributed by atoms with Crippen LogP contribution in [0.2, 0.25) is 0 Å². The van der Waals surface area contributed by atoms with Gasteiger partial charge in [0.05, 0.1) is 18.1 Å². The van der Waals surface area contributed by atoms with Crippen molar-refractivity contribution in [3.8, 4) is 5.75 Å². The van der Waals surface area contributed by atoms with E-state index in [0.29, 0.717) is 16.7 Å². The Kier molecular flexibility index (Phi) is 7.55. The largest absolute Gasteiger partial charge is 0.496 e. The van der Waals surface area contributed by atoms with Crippen molar-refractivity contribution in [2.24, 2.45) is 0 Å². The van der Waals surface area contributed by atoms with Gasteiger partial charge in [-0.05, 0) is 47.2 Å². The van der Waals surface area contributed by atoms with Crippen LogP contribution in [-0.2, 0) is 18.0 Å². The molecule has 3 rings (SSSR count). The summed E-state index contributed by atoms with van der Waals surface area (Å²) in [5.74, 6) is 0.540. The van der Waals surface area contributed by atoms with Gasteiger partial charge in [-0.25, -0.2) is 4.79 Å². The van der Waals surface area contributed by atoms with E-state index >= 15 is 0 Å². The Morgan fingerprint density at radius 2 is 1.70 bits per heavy atom. The van der Waals surface area contributed by atoms with Gasteiger partial charge in [0.25, 0.3) is 0 Å². The molecule has 0 bridgehead atoms. The summed E-state index contributed by atoms with van der Waals surface area (Å²) in [6.45, 7) is 6.48. The van der Waals surface area contributed by atoms with Gasteiger partial charge >= 0.3 is 11.8 Å². The summed E-state index contributed by atoms with van der Waals surface area (Å²) in [4.78, 5) is 12.7. The predicted octanol–water partition coefficient (Wildman–Crippen LogP) is 7.66. The quantitative estimate of drug-likeness (QED) is 0.243. The van der Waals surface area contributed by atoms with Gasteiger partial charge in [0.2, 0.25) is 0 Å². The van der Waals surface area contributed by atoms with E-state index in [9.17, 15) is 18.0 Å². The van der Waals surface area contributed by atoms with E-state index in [2.05, 4.69) is 20.8 Å². The third kappa shape index (κ3) is 5.79. The number of halogens is 3. The standard InChI is InChI=1S/C27H31F3O3/c1-5-6-7-10-13-26(2,3)20-16-23(32-4)21-15-19(25(31)33-24(21)17-20)14-18-11-8-9-12-22(18)27(28,29)30/h8-9,11-12,15-17H,5-7,10,13-14H2,1-4H3. The number of hydrogen-bond donors (Lipinski definition) is 0. The highest BCUT2D eigenvalue weighted by Crippen LogP contribution is 2.37. The summed E-state index contributed by atoms with van der Waals surface area (Å²) in [5, 5.41) is 0.571. The molecule has 178 valence electrons. The summed E-state index contributed by atoms with van der Waals surface area (Å²) in [6.07, 6.45) is 0.950. The molecule has 0 saturated carbocycles. The molecule has 0 radical (unpaired) electrons. The predicted molar refractivity (Wildman–Crippen MR) is 125 cm³/mol. The first kappa shape index (κ1) is 24.9. The Labute approximate surface area is 192 Å². The maximum absolute atomic E-state index is 13.4. The third-order valence-corrected chi connectivity index (χ3v) is 6.25. The summed E-state index contributed by atoms with van der Waals surface area (Å²) in [5.41, 5.74) is 0.0315. The van der Waals surface area contributed by atoms with Crippen LogP contribution >= 0.6 is 0 Å². The fraction of sp³-hybridized carbons (Fsp3) is 0.444. The zero-order chi connectivity index (χ0) is 24.2. The van der Waals surface area contributed by atoms with Gasteiger partial charge in [-0.2, -0.15) is 13.2 Å². The number of hydrogen-bond acceptors (Lipinski definition) is 3. The molecule has 0 atom stereocenters. The number of rotatable bonds is 9. The minimum absolute atomic E-state index is 0.0282. The summed E-state index contributed by atoms with van der Waals surface area (Å²) >= 11 is 0. The SMILES string of the molecule is CCCCCCC(C)(C)c1cc(OC)c2cc(Cc3ccccc3C(F)(F)F)c(=O)oc2c1. The van der Waals surface area contributed by atoms with Gasteiger partial charge in [0.15, 0.2) is 0 Å². The molecule has 0 aliphatic rings. The molecule has 0 fully saturated rings. The average molecular weight is 461 g/mol. The molecule has 3 aromatic rings. The van der Waals surface area contributed by atoms with Gasteiger partial charge in [0, 0.05) is 12.0 Å². The summed E-state index contributed by atoms with van der Waals surface area (Å²) in [6, 6.07) is 10.7. The lowest BCUT2D eigenvalue weighted by molar-refractivity contribution is -0.138. The van der Waals surface area contributed by atoms with E-state index < -0.39 is 17.4 Å². The van der Waals surface area contributed by atoms with Crippen LogP contribution in [0.15, 0.2) is 51.7 Å². The minimum Gasteiger partial charge on any atom is -0.496 e. The van der Waals surface area contributed by atoms with Gasteiger partial charge in [-0.15, -0.1) is 0 Å². The molecule has 3 nitrogen and oxygen atoms in total. The Balaban J connectivity index is 2.00. The fourth-order valence-corrected chi connectivity index (χ4v) is 4.20. The zero-order valence-electron chi connectivity index (χ0n) is 19.6. The average Bonchev–Trinajstić information content (AvgIpc) is 2.76. The summed E-state index contributed by atoms with van der Waals surface area (Å²) < 4.78 is 51.4. The maximum Gasteiger partial charge on any atom is 0.416 e. The highest BCUT2D eigenvalue weighted by atomic mass is 19.4. The van der Waals surface area contributed by atoms with Gasteiger partial charge < -0.3 is 9.15 Å². The Morgan fingerprint density at radius 1 is 0.970 bits per heavy atom. The van der Waals surface area contributed by atoms with Crippen molar-refractivity contribution in [2.75, 3.05) is 7.11 Å². The zero-order valence-corrected chi connectivity index (χ0v) is 19.6. The van der Waals surface area contributed by atoms with Crippen molar-refractivity contribution in [2.45, 2.75) is 70.9 Å². The molecule has 1 heterocycles. The molecule has 0 saturated heterocycles. The third-order valence-electron chi connectivity index (χ3n) is 6.25. The number of alkyl halides is 3. The van der Waals surface area contributed by atoms with E-state index in [1.165, 1.54) is 44.6 Å². The van der Waals surface area contributed by atoms with Crippen molar-refractivity contribution >= 4 is 11.0 Å². The van der Waals surface area contributed by atoms with E-state index in [1.807, 2.05) is 12.1 Å². The van der Waals surface area contributed by atoms with Crippen molar-refractivity contribution in [3.05, 3.63) is 75.1 Å². The minimum atomic E-state index is -4.50. The lowest BCUT2D eigenvalue weighted by Crippen LogP contribution is -2.17. The molecule has 2 aromatic carbocycles. The monoisotopic (exact) mass is 460 g/mol. The lowest BCUT2D eigenvalue weighted by atomic mass is 9.79. The molecule has 0 aliphatic carbocycles.